The van der Waals surface area contributed by atoms with Crippen molar-refractivity contribution in [1.82, 2.24) is 5.32 Å². The molecule has 96 valence electrons. The van der Waals surface area contributed by atoms with E-state index in [1.807, 2.05) is 0 Å². The average molecular weight is 227 g/mol. The van der Waals surface area contributed by atoms with E-state index in [2.05, 4.69) is 26.1 Å². The van der Waals surface area contributed by atoms with Crippen molar-refractivity contribution in [2.45, 2.75) is 58.9 Å². The fourth-order valence-electron chi connectivity index (χ4n) is 1.92. The molecule has 1 fully saturated rings. The zero-order valence-electron chi connectivity index (χ0n) is 11.3. The Morgan fingerprint density at radius 2 is 2.00 bits per heavy atom. The Labute approximate surface area is 101 Å². The molecule has 1 aliphatic rings. The molecule has 0 aromatic heterocycles. The molecule has 1 aliphatic carbocycles. The first-order valence-corrected chi connectivity index (χ1v) is 7.07. The first-order valence-electron chi connectivity index (χ1n) is 7.07. The van der Waals surface area contributed by atoms with Gasteiger partial charge in [-0.25, -0.2) is 0 Å². The molecule has 0 aliphatic heterocycles. The second kappa shape index (κ2) is 8.08. The van der Waals surface area contributed by atoms with Crippen LogP contribution in [0.4, 0.5) is 0 Å². The van der Waals surface area contributed by atoms with Gasteiger partial charge in [0.15, 0.2) is 0 Å². The maximum atomic E-state index is 5.62. The van der Waals surface area contributed by atoms with Gasteiger partial charge in [-0.1, -0.05) is 27.2 Å². The van der Waals surface area contributed by atoms with Crippen molar-refractivity contribution in [3.63, 3.8) is 0 Å². The van der Waals surface area contributed by atoms with Gasteiger partial charge in [-0.05, 0) is 37.5 Å². The molecule has 0 amide bonds. The van der Waals surface area contributed by atoms with Crippen LogP contribution in [0, 0.1) is 11.8 Å². The molecule has 0 aromatic carbocycles. The third-order valence-corrected chi connectivity index (χ3v) is 3.61. The SMILES string of the molecule is CCC(C)CC(CC)NCCOCC1CC1. The summed E-state index contributed by atoms with van der Waals surface area (Å²) in [5, 5.41) is 3.60. The van der Waals surface area contributed by atoms with Crippen LogP contribution < -0.4 is 5.32 Å². The second-order valence-electron chi connectivity index (χ2n) is 5.33. The highest BCUT2D eigenvalue weighted by Gasteiger charge is 2.20. The van der Waals surface area contributed by atoms with E-state index in [9.17, 15) is 0 Å². The maximum Gasteiger partial charge on any atom is 0.0591 e. The predicted octanol–water partition coefficient (Wildman–Crippen LogP) is 3.22. The molecule has 2 atom stereocenters. The molecule has 16 heavy (non-hydrogen) atoms. The quantitative estimate of drug-likeness (QED) is 0.579. The van der Waals surface area contributed by atoms with Gasteiger partial charge in [0, 0.05) is 19.2 Å². The van der Waals surface area contributed by atoms with E-state index in [4.69, 9.17) is 4.74 Å². The second-order valence-corrected chi connectivity index (χ2v) is 5.33. The minimum Gasteiger partial charge on any atom is -0.380 e. The molecule has 2 heteroatoms. The average Bonchev–Trinajstić information content (AvgIpc) is 3.10. The van der Waals surface area contributed by atoms with E-state index in [1.54, 1.807) is 0 Å². The molecule has 1 N–H and O–H groups in total. The summed E-state index contributed by atoms with van der Waals surface area (Å²) in [5.74, 6) is 1.73. The van der Waals surface area contributed by atoms with Crippen LogP contribution in [0.25, 0.3) is 0 Å². The Hall–Kier alpha value is -0.0800. The minimum absolute atomic E-state index is 0.680. The van der Waals surface area contributed by atoms with Gasteiger partial charge in [-0.2, -0.15) is 0 Å². The first-order chi connectivity index (χ1) is 7.76. The van der Waals surface area contributed by atoms with Gasteiger partial charge < -0.3 is 10.1 Å². The summed E-state index contributed by atoms with van der Waals surface area (Å²) in [6, 6.07) is 0.680. The Balaban J connectivity index is 1.94. The van der Waals surface area contributed by atoms with E-state index in [1.165, 1.54) is 32.1 Å². The van der Waals surface area contributed by atoms with Gasteiger partial charge in [0.05, 0.1) is 6.61 Å². The Bertz CT molecular complexity index is 168. The van der Waals surface area contributed by atoms with Crippen LogP contribution in [-0.2, 0) is 4.74 Å². The Kier molecular flexibility index (Phi) is 7.06. The molecule has 1 rings (SSSR count). The summed E-state index contributed by atoms with van der Waals surface area (Å²) < 4.78 is 5.62. The lowest BCUT2D eigenvalue weighted by Crippen LogP contribution is -2.33. The number of ether oxygens (including phenoxy) is 1. The molecular formula is C14H29NO. The third kappa shape index (κ3) is 6.49. The molecule has 0 radical (unpaired) electrons. The van der Waals surface area contributed by atoms with Gasteiger partial charge in [-0.15, -0.1) is 0 Å². The Morgan fingerprint density at radius 1 is 1.25 bits per heavy atom. The largest absolute Gasteiger partial charge is 0.380 e. The maximum absolute atomic E-state index is 5.62. The zero-order chi connectivity index (χ0) is 11.8. The zero-order valence-corrected chi connectivity index (χ0v) is 11.3. The van der Waals surface area contributed by atoms with E-state index in [0.717, 1.165) is 31.6 Å². The van der Waals surface area contributed by atoms with Crippen molar-refractivity contribution in [3.05, 3.63) is 0 Å². The number of rotatable bonds is 10. The summed E-state index contributed by atoms with van der Waals surface area (Å²) in [4.78, 5) is 0. The monoisotopic (exact) mass is 227 g/mol. The van der Waals surface area contributed by atoms with Crippen molar-refractivity contribution < 1.29 is 4.74 Å². The topological polar surface area (TPSA) is 21.3 Å². The van der Waals surface area contributed by atoms with Crippen LogP contribution in [0.2, 0.25) is 0 Å². The first kappa shape index (κ1) is 14.0. The summed E-state index contributed by atoms with van der Waals surface area (Å²) in [6.45, 7) is 9.77. The van der Waals surface area contributed by atoms with E-state index in [0.29, 0.717) is 6.04 Å². The lowest BCUT2D eigenvalue weighted by Gasteiger charge is -2.20. The lowest BCUT2D eigenvalue weighted by molar-refractivity contribution is 0.123. The van der Waals surface area contributed by atoms with E-state index in [-0.39, 0.29) is 0 Å². The normalized spacial score (nSPS) is 19.7. The van der Waals surface area contributed by atoms with Crippen LogP contribution in [-0.4, -0.2) is 25.8 Å². The fourth-order valence-corrected chi connectivity index (χ4v) is 1.92. The summed E-state index contributed by atoms with van der Waals surface area (Å²) in [7, 11) is 0. The molecular weight excluding hydrogens is 198 g/mol. The number of hydrogen-bond donors (Lipinski definition) is 1. The molecule has 0 bridgehead atoms. The van der Waals surface area contributed by atoms with Crippen molar-refractivity contribution in [2.75, 3.05) is 19.8 Å². The molecule has 0 spiro atoms. The van der Waals surface area contributed by atoms with Crippen molar-refractivity contribution in [3.8, 4) is 0 Å². The van der Waals surface area contributed by atoms with Gasteiger partial charge in [0.25, 0.3) is 0 Å². The van der Waals surface area contributed by atoms with E-state index < -0.39 is 0 Å². The van der Waals surface area contributed by atoms with Gasteiger partial charge in [0.2, 0.25) is 0 Å². The van der Waals surface area contributed by atoms with Crippen LogP contribution in [0.1, 0.15) is 52.9 Å². The van der Waals surface area contributed by atoms with Gasteiger partial charge in [-0.3, -0.25) is 0 Å². The molecule has 2 unspecified atom stereocenters. The molecule has 0 saturated heterocycles. The highest BCUT2D eigenvalue weighted by Crippen LogP contribution is 2.28. The molecule has 0 aromatic rings. The van der Waals surface area contributed by atoms with Crippen molar-refractivity contribution in [1.29, 1.82) is 0 Å². The lowest BCUT2D eigenvalue weighted by atomic mass is 9.98. The van der Waals surface area contributed by atoms with Gasteiger partial charge in [0.1, 0.15) is 0 Å². The van der Waals surface area contributed by atoms with E-state index >= 15 is 0 Å². The smallest absolute Gasteiger partial charge is 0.0591 e. The van der Waals surface area contributed by atoms with Crippen LogP contribution in [0.5, 0.6) is 0 Å². The summed E-state index contributed by atoms with van der Waals surface area (Å²) >= 11 is 0. The van der Waals surface area contributed by atoms with Gasteiger partial charge >= 0.3 is 0 Å². The van der Waals surface area contributed by atoms with Crippen LogP contribution >= 0.6 is 0 Å². The van der Waals surface area contributed by atoms with Crippen LogP contribution in [0.15, 0.2) is 0 Å². The number of hydrogen-bond acceptors (Lipinski definition) is 2. The van der Waals surface area contributed by atoms with Crippen LogP contribution in [0.3, 0.4) is 0 Å². The molecule has 2 nitrogen and oxygen atoms in total. The highest BCUT2D eigenvalue weighted by molar-refractivity contribution is 4.72. The number of nitrogens with one attached hydrogen (secondary N) is 1. The molecule has 1 saturated carbocycles. The highest BCUT2D eigenvalue weighted by atomic mass is 16.5. The third-order valence-electron chi connectivity index (χ3n) is 3.61. The Morgan fingerprint density at radius 3 is 2.56 bits per heavy atom. The minimum atomic E-state index is 0.680. The summed E-state index contributed by atoms with van der Waals surface area (Å²) in [5.41, 5.74) is 0. The van der Waals surface area contributed by atoms with Crippen molar-refractivity contribution >= 4 is 0 Å². The molecule has 0 heterocycles. The summed E-state index contributed by atoms with van der Waals surface area (Å²) in [6.07, 6.45) is 6.59. The standard InChI is InChI=1S/C14H29NO/c1-4-12(3)10-14(5-2)15-8-9-16-11-13-6-7-13/h12-15H,4-11H2,1-3H3. The fraction of sp³-hybridized carbons (Fsp3) is 1.00. The van der Waals surface area contributed by atoms with Crippen molar-refractivity contribution in [2.24, 2.45) is 11.8 Å². The predicted molar refractivity (Wildman–Crippen MR) is 69.7 cm³/mol.